The molecule has 0 radical (unpaired) electrons. The summed E-state index contributed by atoms with van der Waals surface area (Å²) in [6.07, 6.45) is 4.14. The SMILES string of the molecule is CCc1ccc(NC(=O)CN2C(=O)CSc3ccc(C(=O)N4CCCCC4)cc32)cc1. The van der Waals surface area contributed by atoms with E-state index < -0.39 is 0 Å². The number of fused-ring (bicyclic) bond motifs is 1. The molecule has 162 valence electrons. The van der Waals surface area contributed by atoms with E-state index in [2.05, 4.69) is 12.2 Å². The standard InChI is InChI=1S/C24H27N3O3S/c1-2-17-6-9-19(10-7-17)25-22(28)15-27-20-14-18(8-11-21(20)31-16-23(27)29)24(30)26-12-4-3-5-13-26/h6-11,14H,2-5,12-13,15-16H2,1H3,(H,25,28). The van der Waals surface area contributed by atoms with Crippen molar-refractivity contribution < 1.29 is 14.4 Å². The largest absolute Gasteiger partial charge is 0.339 e. The highest BCUT2D eigenvalue weighted by molar-refractivity contribution is 8.00. The van der Waals surface area contributed by atoms with Crippen molar-refractivity contribution in [2.75, 3.05) is 35.6 Å². The van der Waals surface area contributed by atoms with Gasteiger partial charge in [0, 0.05) is 29.2 Å². The summed E-state index contributed by atoms with van der Waals surface area (Å²) in [6, 6.07) is 13.2. The van der Waals surface area contributed by atoms with Crippen molar-refractivity contribution in [1.29, 1.82) is 0 Å². The van der Waals surface area contributed by atoms with Crippen molar-refractivity contribution in [3.63, 3.8) is 0 Å². The average Bonchev–Trinajstić information content (AvgIpc) is 2.81. The minimum Gasteiger partial charge on any atom is -0.339 e. The summed E-state index contributed by atoms with van der Waals surface area (Å²) < 4.78 is 0. The lowest BCUT2D eigenvalue weighted by Gasteiger charge is -2.30. The van der Waals surface area contributed by atoms with E-state index >= 15 is 0 Å². The number of amides is 3. The zero-order valence-corrected chi connectivity index (χ0v) is 18.5. The molecule has 3 amide bonds. The molecule has 0 aliphatic carbocycles. The van der Waals surface area contributed by atoms with Gasteiger partial charge in [0.05, 0.1) is 11.4 Å². The summed E-state index contributed by atoms with van der Waals surface area (Å²) in [6.45, 7) is 3.54. The molecule has 0 unspecified atom stereocenters. The number of aryl methyl sites for hydroxylation is 1. The number of nitrogens with one attached hydrogen (secondary N) is 1. The molecule has 1 saturated heterocycles. The lowest BCUT2D eigenvalue weighted by Crippen LogP contribution is -2.41. The van der Waals surface area contributed by atoms with E-state index in [1.54, 1.807) is 6.07 Å². The topological polar surface area (TPSA) is 69.7 Å². The maximum Gasteiger partial charge on any atom is 0.253 e. The highest BCUT2D eigenvalue weighted by Gasteiger charge is 2.28. The number of nitrogens with zero attached hydrogens (tertiary/aromatic N) is 2. The highest BCUT2D eigenvalue weighted by atomic mass is 32.2. The first-order chi connectivity index (χ1) is 15.0. The molecule has 4 rings (SSSR count). The normalized spacial score (nSPS) is 16.1. The summed E-state index contributed by atoms with van der Waals surface area (Å²) in [5.41, 5.74) is 3.11. The minimum atomic E-state index is -0.261. The van der Waals surface area contributed by atoms with Crippen LogP contribution < -0.4 is 10.2 Å². The molecule has 0 spiro atoms. The van der Waals surface area contributed by atoms with Crippen LogP contribution in [0.25, 0.3) is 0 Å². The molecular formula is C24H27N3O3S. The van der Waals surface area contributed by atoms with Gasteiger partial charge in [-0.15, -0.1) is 11.8 Å². The first-order valence-electron chi connectivity index (χ1n) is 10.8. The van der Waals surface area contributed by atoms with Crippen LogP contribution in [0.2, 0.25) is 0 Å². The molecule has 6 nitrogen and oxygen atoms in total. The van der Waals surface area contributed by atoms with Gasteiger partial charge in [0.2, 0.25) is 11.8 Å². The van der Waals surface area contributed by atoms with E-state index in [9.17, 15) is 14.4 Å². The van der Waals surface area contributed by atoms with Gasteiger partial charge in [0.15, 0.2) is 0 Å². The van der Waals surface area contributed by atoms with Crippen LogP contribution in [-0.4, -0.2) is 48.0 Å². The van der Waals surface area contributed by atoms with Gasteiger partial charge in [-0.05, 0) is 61.6 Å². The fourth-order valence-corrected chi connectivity index (χ4v) is 4.87. The molecule has 2 aromatic carbocycles. The first kappa shape index (κ1) is 21.4. The molecule has 2 heterocycles. The van der Waals surface area contributed by atoms with Gasteiger partial charge in [-0.25, -0.2) is 0 Å². The summed E-state index contributed by atoms with van der Waals surface area (Å²) in [5.74, 6) is -0.115. The molecule has 0 atom stereocenters. The molecule has 31 heavy (non-hydrogen) atoms. The Morgan fingerprint density at radius 3 is 2.48 bits per heavy atom. The number of rotatable bonds is 5. The highest BCUT2D eigenvalue weighted by Crippen LogP contribution is 2.36. The Bertz CT molecular complexity index is 984. The Balaban J connectivity index is 1.51. The molecule has 1 N–H and O–H groups in total. The molecule has 0 saturated carbocycles. The number of benzene rings is 2. The van der Waals surface area contributed by atoms with E-state index in [1.807, 2.05) is 41.3 Å². The third-order valence-electron chi connectivity index (χ3n) is 5.74. The number of carbonyl (C=O) groups is 3. The fraction of sp³-hybridized carbons (Fsp3) is 0.375. The van der Waals surface area contributed by atoms with Gasteiger partial charge in [-0.2, -0.15) is 0 Å². The number of carbonyl (C=O) groups excluding carboxylic acids is 3. The molecular weight excluding hydrogens is 410 g/mol. The molecule has 2 aliphatic heterocycles. The zero-order valence-electron chi connectivity index (χ0n) is 17.7. The number of thioether (sulfide) groups is 1. The lowest BCUT2D eigenvalue weighted by atomic mass is 10.1. The van der Waals surface area contributed by atoms with Gasteiger partial charge in [0.25, 0.3) is 5.91 Å². The smallest absolute Gasteiger partial charge is 0.253 e. The Morgan fingerprint density at radius 1 is 1.03 bits per heavy atom. The monoisotopic (exact) mass is 437 g/mol. The number of hydrogen-bond acceptors (Lipinski definition) is 4. The van der Waals surface area contributed by atoms with Gasteiger partial charge in [-0.1, -0.05) is 19.1 Å². The van der Waals surface area contributed by atoms with Crippen LogP contribution in [0.5, 0.6) is 0 Å². The van der Waals surface area contributed by atoms with E-state index in [0.717, 1.165) is 43.7 Å². The third kappa shape index (κ3) is 4.93. The number of hydrogen-bond donors (Lipinski definition) is 1. The number of piperidine rings is 1. The Morgan fingerprint density at radius 2 is 1.77 bits per heavy atom. The predicted octanol–water partition coefficient (Wildman–Crippen LogP) is 3.95. The maximum absolute atomic E-state index is 12.9. The van der Waals surface area contributed by atoms with Crippen molar-refractivity contribution in [3.8, 4) is 0 Å². The van der Waals surface area contributed by atoms with Gasteiger partial charge in [0.1, 0.15) is 6.54 Å². The van der Waals surface area contributed by atoms with E-state index in [1.165, 1.54) is 22.2 Å². The van der Waals surface area contributed by atoms with E-state index in [-0.39, 0.29) is 30.0 Å². The number of anilines is 2. The van der Waals surface area contributed by atoms with Crippen LogP contribution in [0, 0.1) is 0 Å². The second kappa shape index (κ2) is 9.56. The average molecular weight is 438 g/mol. The fourth-order valence-electron chi connectivity index (χ4n) is 3.96. The van der Waals surface area contributed by atoms with E-state index in [4.69, 9.17) is 0 Å². The van der Waals surface area contributed by atoms with Crippen molar-refractivity contribution >= 4 is 40.9 Å². The van der Waals surface area contributed by atoms with Crippen molar-refractivity contribution in [2.24, 2.45) is 0 Å². The van der Waals surface area contributed by atoms with Gasteiger partial charge < -0.3 is 15.1 Å². The van der Waals surface area contributed by atoms with Crippen LogP contribution in [-0.2, 0) is 16.0 Å². The Labute approximate surface area is 187 Å². The Hall–Kier alpha value is -2.80. The van der Waals surface area contributed by atoms with E-state index in [0.29, 0.717) is 16.9 Å². The number of likely N-dealkylation sites (tertiary alicyclic amines) is 1. The summed E-state index contributed by atoms with van der Waals surface area (Å²) >= 11 is 1.44. The lowest BCUT2D eigenvalue weighted by molar-refractivity contribution is -0.120. The molecule has 0 aromatic heterocycles. The van der Waals surface area contributed by atoms with Crippen LogP contribution in [0.15, 0.2) is 47.4 Å². The minimum absolute atomic E-state index is 0.00839. The summed E-state index contributed by atoms with van der Waals surface area (Å²) in [7, 11) is 0. The summed E-state index contributed by atoms with van der Waals surface area (Å²) in [4.78, 5) is 42.5. The Kier molecular flexibility index (Phi) is 6.61. The first-order valence-corrected chi connectivity index (χ1v) is 11.8. The second-order valence-corrected chi connectivity index (χ2v) is 8.92. The molecule has 2 aromatic rings. The molecule has 1 fully saturated rings. The van der Waals surface area contributed by atoms with Crippen molar-refractivity contribution in [3.05, 3.63) is 53.6 Å². The maximum atomic E-state index is 12.9. The third-order valence-corrected chi connectivity index (χ3v) is 6.79. The zero-order chi connectivity index (χ0) is 21.8. The van der Waals surface area contributed by atoms with Crippen LogP contribution in [0.3, 0.4) is 0 Å². The molecule has 0 bridgehead atoms. The predicted molar refractivity (Wildman–Crippen MR) is 124 cm³/mol. The van der Waals surface area contributed by atoms with Gasteiger partial charge >= 0.3 is 0 Å². The second-order valence-electron chi connectivity index (χ2n) is 7.90. The van der Waals surface area contributed by atoms with Crippen molar-refractivity contribution in [1.82, 2.24) is 4.90 Å². The van der Waals surface area contributed by atoms with Crippen LogP contribution >= 0.6 is 11.8 Å². The van der Waals surface area contributed by atoms with Crippen molar-refractivity contribution in [2.45, 2.75) is 37.5 Å². The van der Waals surface area contributed by atoms with Crippen LogP contribution in [0.1, 0.15) is 42.1 Å². The molecule has 2 aliphatic rings. The quantitative estimate of drug-likeness (QED) is 0.769. The molecule has 7 heteroatoms. The summed E-state index contributed by atoms with van der Waals surface area (Å²) in [5, 5.41) is 2.87. The van der Waals surface area contributed by atoms with Gasteiger partial charge in [-0.3, -0.25) is 14.4 Å². The van der Waals surface area contributed by atoms with Crippen LogP contribution in [0.4, 0.5) is 11.4 Å².